The third kappa shape index (κ3) is 3.07. The van der Waals surface area contributed by atoms with Gasteiger partial charge in [0.2, 0.25) is 0 Å². The van der Waals surface area contributed by atoms with Gasteiger partial charge in [0.05, 0.1) is 11.0 Å². The number of carbonyl (C=O) groups is 2. The van der Waals surface area contributed by atoms with E-state index >= 15 is 0 Å². The molecule has 136 valence electrons. The van der Waals surface area contributed by atoms with Crippen molar-refractivity contribution in [1.29, 1.82) is 0 Å². The molecule has 0 radical (unpaired) electrons. The van der Waals surface area contributed by atoms with Gasteiger partial charge in [-0.3, -0.25) is 9.59 Å². The first-order chi connectivity index (χ1) is 12.3. The number of halogens is 2. The van der Waals surface area contributed by atoms with Gasteiger partial charge < -0.3 is 10.0 Å². The van der Waals surface area contributed by atoms with E-state index in [0.717, 1.165) is 12.1 Å². The highest BCUT2D eigenvalue weighted by molar-refractivity contribution is 5.95. The number of rotatable bonds is 3. The maximum absolute atomic E-state index is 14.1. The minimum Gasteiger partial charge on any atom is -0.481 e. The normalized spacial score (nSPS) is 16.3. The van der Waals surface area contributed by atoms with Crippen LogP contribution in [-0.4, -0.2) is 35.0 Å². The standard InChI is InChI=1S/C20H19F2NO3/c1-13-11-17(22)15(12-16(13)21)18(24)23-9-7-20(8-10-23,19(25)26)14-5-3-2-4-6-14/h2-6,11-12H,7-10H2,1H3,(H,25,26). The van der Waals surface area contributed by atoms with Crippen LogP contribution in [0.3, 0.4) is 0 Å². The lowest BCUT2D eigenvalue weighted by Crippen LogP contribution is -2.49. The average Bonchev–Trinajstić information content (AvgIpc) is 2.65. The monoisotopic (exact) mass is 359 g/mol. The number of aliphatic carboxylic acids is 1. The second-order valence-electron chi connectivity index (χ2n) is 6.63. The summed E-state index contributed by atoms with van der Waals surface area (Å²) in [6.07, 6.45) is 0.433. The molecule has 2 aromatic carbocycles. The summed E-state index contributed by atoms with van der Waals surface area (Å²) in [5.41, 5.74) is -0.579. The van der Waals surface area contributed by atoms with Crippen molar-refractivity contribution in [2.24, 2.45) is 0 Å². The van der Waals surface area contributed by atoms with Crippen molar-refractivity contribution in [2.75, 3.05) is 13.1 Å². The number of aryl methyl sites for hydroxylation is 1. The molecule has 0 aliphatic carbocycles. The van der Waals surface area contributed by atoms with Crippen molar-refractivity contribution in [3.63, 3.8) is 0 Å². The minimum absolute atomic E-state index is 0.131. The molecule has 1 heterocycles. The number of carboxylic acids is 1. The zero-order chi connectivity index (χ0) is 18.9. The van der Waals surface area contributed by atoms with Crippen molar-refractivity contribution in [1.82, 2.24) is 4.90 Å². The van der Waals surface area contributed by atoms with Gasteiger partial charge in [-0.25, -0.2) is 8.78 Å². The number of amides is 1. The minimum atomic E-state index is -1.07. The van der Waals surface area contributed by atoms with Crippen LogP contribution in [0.1, 0.15) is 34.3 Å². The highest BCUT2D eigenvalue weighted by Gasteiger charge is 2.44. The Morgan fingerprint density at radius 1 is 1.04 bits per heavy atom. The quantitative estimate of drug-likeness (QED) is 0.912. The molecule has 1 amide bonds. The van der Waals surface area contributed by atoms with Crippen LogP contribution in [0, 0.1) is 18.6 Å². The van der Waals surface area contributed by atoms with E-state index in [-0.39, 0.29) is 37.1 Å². The molecule has 0 spiro atoms. The molecule has 6 heteroatoms. The molecular weight excluding hydrogens is 340 g/mol. The van der Waals surface area contributed by atoms with E-state index in [0.29, 0.717) is 5.56 Å². The predicted molar refractivity (Wildman–Crippen MR) is 92.0 cm³/mol. The largest absolute Gasteiger partial charge is 0.481 e. The number of nitrogens with zero attached hydrogens (tertiary/aromatic N) is 1. The van der Waals surface area contributed by atoms with Gasteiger partial charge in [-0.15, -0.1) is 0 Å². The lowest BCUT2D eigenvalue weighted by atomic mass is 9.72. The van der Waals surface area contributed by atoms with Gasteiger partial charge in [-0.1, -0.05) is 30.3 Å². The zero-order valence-electron chi connectivity index (χ0n) is 14.3. The Balaban J connectivity index is 1.82. The maximum atomic E-state index is 14.1. The van der Waals surface area contributed by atoms with Crippen molar-refractivity contribution in [3.8, 4) is 0 Å². The van der Waals surface area contributed by atoms with Crippen LogP contribution in [0.5, 0.6) is 0 Å². The van der Waals surface area contributed by atoms with Crippen LogP contribution in [0.4, 0.5) is 8.78 Å². The Labute approximate surface area is 150 Å². The molecule has 26 heavy (non-hydrogen) atoms. The summed E-state index contributed by atoms with van der Waals surface area (Å²) in [7, 11) is 0. The van der Waals surface area contributed by atoms with Crippen LogP contribution in [0.15, 0.2) is 42.5 Å². The lowest BCUT2D eigenvalue weighted by molar-refractivity contribution is -0.145. The smallest absolute Gasteiger partial charge is 0.314 e. The number of likely N-dealkylation sites (tertiary alicyclic amines) is 1. The highest BCUT2D eigenvalue weighted by atomic mass is 19.1. The Morgan fingerprint density at radius 3 is 2.23 bits per heavy atom. The SMILES string of the molecule is Cc1cc(F)c(C(=O)N2CCC(C(=O)O)(c3ccccc3)CC2)cc1F. The number of benzene rings is 2. The number of hydrogen-bond acceptors (Lipinski definition) is 2. The maximum Gasteiger partial charge on any atom is 0.314 e. The Kier molecular flexibility index (Phi) is 4.76. The van der Waals surface area contributed by atoms with E-state index in [2.05, 4.69) is 0 Å². The summed E-state index contributed by atoms with van der Waals surface area (Å²) >= 11 is 0. The molecule has 3 rings (SSSR count). The third-order valence-corrected chi connectivity index (χ3v) is 5.12. The van der Waals surface area contributed by atoms with Gasteiger partial charge in [0.15, 0.2) is 0 Å². The molecule has 1 saturated heterocycles. The van der Waals surface area contributed by atoms with Gasteiger partial charge in [0, 0.05) is 13.1 Å². The summed E-state index contributed by atoms with van der Waals surface area (Å²) in [6.45, 7) is 1.75. The van der Waals surface area contributed by atoms with Crippen LogP contribution in [0.25, 0.3) is 0 Å². The number of piperidine rings is 1. The van der Waals surface area contributed by atoms with E-state index in [1.165, 1.54) is 11.8 Å². The second kappa shape index (κ2) is 6.86. The lowest BCUT2D eigenvalue weighted by Gasteiger charge is -2.39. The van der Waals surface area contributed by atoms with Crippen molar-refractivity contribution in [2.45, 2.75) is 25.2 Å². The summed E-state index contributed by atoms with van der Waals surface area (Å²) in [4.78, 5) is 25.9. The molecule has 1 fully saturated rings. The third-order valence-electron chi connectivity index (χ3n) is 5.12. The summed E-state index contributed by atoms with van der Waals surface area (Å²) in [6, 6.07) is 10.8. The van der Waals surface area contributed by atoms with Gasteiger partial charge in [0.1, 0.15) is 11.6 Å². The molecule has 0 saturated carbocycles. The fraction of sp³-hybridized carbons (Fsp3) is 0.300. The first-order valence-corrected chi connectivity index (χ1v) is 8.39. The molecule has 0 bridgehead atoms. The van der Waals surface area contributed by atoms with E-state index in [4.69, 9.17) is 0 Å². The Hall–Kier alpha value is -2.76. The highest BCUT2D eigenvalue weighted by Crippen LogP contribution is 2.36. The van der Waals surface area contributed by atoms with E-state index < -0.39 is 28.9 Å². The topological polar surface area (TPSA) is 57.6 Å². The van der Waals surface area contributed by atoms with E-state index in [9.17, 15) is 23.5 Å². The van der Waals surface area contributed by atoms with Gasteiger partial charge in [0.25, 0.3) is 5.91 Å². The number of carboxylic acid groups (broad SMARTS) is 1. The van der Waals surface area contributed by atoms with Gasteiger partial charge in [-0.2, -0.15) is 0 Å². The van der Waals surface area contributed by atoms with Crippen LogP contribution in [-0.2, 0) is 10.2 Å². The Morgan fingerprint density at radius 2 is 1.65 bits per heavy atom. The first kappa shape index (κ1) is 18.0. The van der Waals surface area contributed by atoms with E-state index in [1.807, 2.05) is 6.07 Å². The molecular formula is C20H19F2NO3. The molecule has 1 N–H and O–H groups in total. The number of hydrogen-bond donors (Lipinski definition) is 1. The van der Waals surface area contributed by atoms with Gasteiger partial charge >= 0.3 is 5.97 Å². The van der Waals surface area contributed by atoms with Crippen molar-refractivity contribution >= 4 is 11.9 Å². The summed E-state index contributed by atoms with van der Waals surface area (Å²) in [5.74, 6) is -2.97. The zero-order valence-corrected chi connectivity index (χ0v) is 14.3. The average molecular weight is 359 g/mol. The Bertz CT molecular complexity index is 844. The first-order valence-electron chi connectivity index (χ1n) is 8.39. The molecule has 2 aromatic rings. The predicted octanol–water partition coefficient (Wildman–Crippen LogP) is 3.53. The van der Waals surface area contributed by atoms with Crippen LogP contribution >= 0.6 is 0 Å². The summed E-state index contributed by atoms with van der Waals surface area (Å²) in [5, 5.41) is 9.78. The number of carbonyl (C=O) groups excluding carboxylic acids is 1. The molecule has 1 aliphatic rings. The van der Waals surface area contributed by atoms with Crippen LogP contribution in [0.2, 0.25) is 0 Å². The van der Waals surface area contributed by atoms with Crippen LogP contribution < -0.4 is 0 Å². The molecule has 0 unspecified atom stereocenters. The fourth-order valence-electron chi connectivity index (χ4n) is 3.46. The molecule has 4 nitrogen and oxygen atoms in total. The molecule has 0 atom stereocenters. The van der Waals surface area contributed by atoms with Crippen molar-refractivity contribution < 1.29 is 23.5 Å². The molecule has 0 aromatic heterocycles. The molecule has 1 aliphatic heterocycles. The van der Waals surface area contributed by atoms with Crippen molar-refractivity contribution in [3.05, 3.63) is 70.8 Å². The fourth-order valence-corrected chi connectivity index (χ4v) is 3.46. The van der Waals surface area contributed by atoms with E-state index in [1.54, 1.807) is 24.3 Å². The second-order valence-corrected chi connectivity index (χ2v) is 6.63. The van der Waals surface area contributed by atoms with Gasteiger partial charge in [-0.05, 0) is 43.0 Å². The summed E-state index contributed by atoms with van der Waals surface area (Å²) < 4.78 is 27.8.